The van der Waals surface area contributed by atoms with Crippen LogP contribution in [-0.4, -0.2) is 26.9 Å². The number of carbonyl (C=O) groups is 1. The zero-order valence-corrected chi connectivity index (χ0v) is 15.4. The van der Waals surface area contributed by atoms with Gasteiger partial charge in [0.05, 0.1) is 6.54 Å². The van der Waals surface area contributed by atoms with E-state index in [1.54, 1.807) is 16.5 Å². The lowest BCUT2D eigenvalue weighted by molar-refractivity contribution is 0.0716. The standard InChI is InChI=1S/C21H21N3O3/c1-14-10-16(25)12-18(23(14)2)21(26)24-9-8-19-17(13-24)22-20(27-19)11-15-6-4-3-5-7-15/h3-7,10,12H,8-9,11,13H2,1-2H3. The molecule has 27 heavy (non-hydrogen) atoms. The van der Waals surface area contributed by atoms with Crippen molar-refractivity contribution in [2.24, 2.45) is 7.05 Å². The van der Waals surface area contributed by atoms with E-state index < -0.39 is 0 Å². The Kier molecular flexibility index (Phi) is 4.39. The number of nitrogens with zero attached hydrogens (tertiary/aromatic N) is 3. The molecule has 0 aliphatic carbocycles. The number of pyridine rings is 1. The molecule has 4 rings (SSSR count). The van der Waals surface area contributed by atoms with Crippen LogP contribution in [0.4, 0.5) is 0 Å². The highest BCUT2D eigenvalue weighted by Gasteiger charge is 2.27. The quantitative estimate of drug-likeness (QED) is 0.717. The Balaban J connectivity index is 1.55. The van der Waals surface area contributed by atoms with Crippen LogP contribution < -0.4 is 5.43 Å². The molecule has 0 radical (unpaired) electrons. The molecule has 0 saturated heterocycles. The van der Waals surface area contributed by atoms with E-state index in [4.69, 9.17) is 4.42 Å². The Morgan fingerprint density at radius 2 is 2.00 bits per heavy atom. The van der Waals surface area contributed by atoms with Gasteiger partial charge in [0.15, 0.2) is 11.3 Å². The van der Waals surface area contributed by atoms with Crippen LogP contribution in [0.2, 0.25) is 0 Å². The number of amides is 1. The summed E-state index contributed by atoms with van der Waals surface area (Å²) in [6, 6.07) is 13.0. The highest BCUT2D eigenvalue weighted by atomic mass is 16.4. The maximum Gasteiger partial charge on any atom is 0.270 e. The summed E-state index contributed by atoms with van der Waals surface area (Å²) in [7, 11) is 1.80. The Hall–Kier alpha value is -3.15. The number of aromatic nitrogens is 2. The fourth-order valence-electron chi connectivity index (χ4n) is 3.40. The van der Waals surface area contributed by atoms with Gasteiger partial charge in [-0.25, -0.2) is 4.98 Å². The molecule has 0 saturated carbocycles. The van der Waals surface area contributed by atoms with Gasteiger partial charge in [-0.3, -0.25) is 9.59 Å². The third-order valence-corrected chi connectivity index (χ3v) is 5.00. The van der Waals surface area contributed by atoms with E-state index in [1.165, 1.54) is 12.1 Å². The summed E-state index contributed by atoms with van der Waals surface area (Å²) in [4.78, 5) is 31.1. The lowest BCUT2D eigenvalue weighted by atomic mass is 10.1. The molecule has 0 N–H and O–H groups in total. The lowest BCUT2D eigenvalue weighted by Gasteiger charge is -2.26. The summed E-state index contributed by atoms with van der Waals surface area (Å²) in [5.41, 5.74) is 2.95. The second kappa shape index (κ2) is 6.87. The van der Waals surface area contributed by atoms with E-state index in [-0.39, 0.29) is 11.3 Å². The van der Waals surface area contributed by atoms with Gasteiger partial charge in [-0.2, -0.15) is 0 Å². The van der Waals surface area contributed by atoms with Gasteiger partial charge < -0.3 is 13.9 Å². The second-order valence-electron chi connectivity index (χ2n) is 6.89. The first-order valence-electron chi connectivity index (χ1n) is 8.99. The van der Waals surface area contributed by atoms with Crippen LogP contribution >= 0.6 is 0 Å². The predicted octanol–water partition coefficient (Wildman–Crippen LogP) is 2.47. The summed E-state index contributed by atoms with van der Waals surface area (Å²) in [6.45, 7) is 2.77. The monoisotopic (exact) mass is 363 g/mol. The highest BCUT2D eigenvalue weighted by molar-refractivity contribution is 5.92. The summed E-state index contributed by atoms with van der Waals surface area (Å²) >= 11 is 0. The van der Waals surface area contributed by atoms with Crippen molar-refractivity contribution in [3.05, 3.63) is 87.0 Å². The third kappa shape index (κ3) is 3.43. The van der Waals surface area contributed by atoms with Crippen molar-refractivity contribution in [2.45, 2.75) is 26.3 Å². The average Bonchev–Trinajstić information content (AvgIpc) is 3.06. The Morgan fingerprint density at radius 3 is 2.78 bits per heavy atom. The first kappa shape index (κ1) is 17.3. The summed E-state index contributed by atoms with van der Waals surface area (Å²) in [5, 5.41) is 0. The largest absolute Gasteiger partial charge is 0.445 e. The van der Waals surface area contributed by atoms with Gasteiger partial charge in [0.25, 0.3) is 5.91 Å². The number of rotatable bonds is 3. The minimum atomic E-state index is -0.156. The van der Waals surface area contributed by atoms with E-state index in [1.807, 2.05) is 37.3 Å². The maximum atomic E-state index is 12.9. The summed E-state index contributed by atoms with van der Waals surface area (Å²) < 4.78 is 7.65. The zero-order valence-electron chi connectivity index (χ0n) is 15.4. The van der Waals surface area contributed by atoms with Crippen LogP contribution in [0.25, 0.3) is 0 Å². The average molecular weight is 363 g/mol. The van der Waals surface area contributed by atoms with Crippen LogP contribution in [0, 0.1) is 6.92 Å². The number of oxazole rings is 1. The fourth-order valence-corrected chi connectivity index (χ4v) is 3.40. The Bertz CT molecular complexity index is 1050. The summed E-state index contributed by atoms with van der Waals surface area (Å²) in [5.74, 6) is 1.36. The molecule has 0 atom stereocenters. The molecule has 0 bridgehead atoms. The first-order chi connectivity index (χ1) is 13.0. The van der Waals surface area contributed by atoms with Gasteiger partial charge in [0, 0.05) is 44.3 Å². The van der Waals surface area contributed by atoms with Crippen molar-refractivity contribution in [1.82, 2.24) is 14.5 Å². The molecule has 2 aromatic heterocycles. The van der Waals surface area contributed by atoms with Gasteiger partial charge >= 0.3 is 0 Å². The summed E-state index contributed by atoms with van der Waals surface area (Å²) in [6.07, 6.45) is 1.26. The topological polar surface area (TPSA) is 68.3 Å². The predicted molar refractivity (Wildman–Crippen MR) is 101 cm³/mol. The van der Waals surface area contributed by atoms with E-state index in [0.29, 0.717) is 37.5 Å². The van der Waals surface area contributed by atoms with Gasteiger partial charge in [-0.1, -0.05) is 30.3 Å². The molecule has 3 heterocycles. The molecule has 0 unspecified atom stereocenters. The molecule has 1 aliphatic rings. The molecule has 1 aliphatic heterocycles. The van der Waals surface area contributed by atoms with E-state index in [0.717, 1.165) is 22.7 Å². The number of hydrogen-bond acceptors (Lipinski definition) is 4. The number of benzene rings is 1. The van der Waals surface area contributed by atoms with Crippen molar-refractivity contribution in [2.75, 3.05) is 6.54 Å². The van der Waals surface area contributed by atoms with E-state index >= 15 is 0 Å². The van der Waals surface area contributed by atoms with Crippen molar-refractivity contribution in [1.29, 1.82) is 0 Å². The molecule has 3 aromatic rings. The minimum absolute atomic E-state index is 0.154. The van der Waals surface area contributed by atoms with E-state index in [9.17, 15) is 9.59 Å². The number of carbonyl (C=O) groups excluding carboxylic acids is 1. The number of aryl methyl sites for hydroxylation is 1. The SMILES string of the molecule is Cc1cc(=O)cc(C(=O)N2CCc3oc(Cc4ccccc4)nc3C2)n1C. The first-order valence-corrected chi connectivity index (χ1v) is 8.99. The van der Waals surface area contributed by atoms with Gasteiger partial charge in [0.1, 0.15) is 17.1 Å². The van der Waals surface area contributed by atoms with Gasteiger partial charge in [0.2, 0.25) is 0 Å². The molecule has 6 heteroatoms. The minimum Gasteiger partial charge on any atom is -0.445 e. The third-order valence-electron chi connectivity index (χ3n) is 5.00. The molecule has 1 amide bonds. The molecular formula is C21H21N3O3. The van der Waals surface area contributed by atoms with Crippen molar-refractivity contribution < 1.29 is 9.21 Å². The normalized spacial score (nSPS) is 13.5. The van der Waals surface area contributed by atoms with Crippen LogP contribution in [-0.2, 0) is 26.4 Å². The smallest absolute Gasteiger partial charge is 0.270 e. The molecule has 0 spiro atoms. The van der Waals surface area contributed by atoms with Crippen molar-refractivity contribution >= 4 is 5.91 Å². The lowest BCUT2D eigenvalue weighted by Crippen LogP contribution is -2.37. The van der Waals surface area contributed by atoms with Crippen molar-refractivity contribution in [3.63, 3.8) is 0 Å². The Morgan fingerprint density at radius 1 is 1.22 bits per heavy atom. The van der Waals surface area contributed by atoms with Crippen LogP contribution in [0.15, 0.2) is 51.7 Å². The molecule has 6 nitrogen and oxygen atoms in total. The number of hydrogen-bond donors (Lipinski definition) is 0. The molecule has 0 fully saturated rings. The zero-order chi connectivity index (χ0) is 19.0. The number of fused-ring (bicyclic) bond motifs is 1. The Labute approximate surface area is 157 Å². The molecular weight excluding hydrogens is 342 g/mol. The highest BCUT2D eigenvalue weighted by Crippen LogP contribution is 2.22. The molecule has 138 valence electrons. The second-order valence-corrected chi connectivity index (χ2v) is 6.89. The molecule has 1 aromatic carbocycles. The van der Waals surface area contributed by atoms with Crippen LogP contribution in [0.3, 0.4) is 0 Å². The van der Waals surface area contributed by atoms with Crippen LogP contribution in [0.5, 0.6) is 0 Å². The van der Waals surface area contributed by atoms with E-state index in [2.05, 4.69) is 4.98 Å². The van der Waals surface area contributed by atoms with Gasteiger partial charge in [-0.15, -0.1) is 0 Å². The van der Waals surface area contributed by atoms with Crippen LogP contribution in [0.1, 0.15) is 39.1 Å². The fraction of sp³-hybridized carbons (Fsp3) is 0.286. The van der Waals surface area contributed by atoms with Crippen molar-refractivity contribution in [3.8, 4) is 0 Å². The van der Waals surface area contributed by atoms with Gasteiger partial charge in [-0.05, 0) is 12.5 Å². The maximum absolute atomic E-state index is 12.9.